The number of amides is 1. The number of carboxylic acid groups (broad SMARTS) is 1. The highest BCUT2D eigenvalue weighted by Crippen LogP contribution is 2.39. The van der Waals surface area contributed by atoms with Crippen LogP contribution in [0.4, 0.5) is 5.69 Å². The Hall–Kier alpha value is -3.52. The first kappa shape index (κ1) is 26.5. The molecule has 1 aromatic heterocycles. The van der Waals surface area contributed by atoms with Gasteiger partial charge in [0.2, 0.25) is 0 Å². The van der Waals surface area contributed by atoms with Crippen LogP contribution in [0.1, 0.15) is 51.8 Å². The standard InChI is InChI=1S/C27H21Cl3N2O5/c1-14(2)25-19(24(32-37-25)23-20(28)4-3-5-21(23)29)13-36-17-10-11-18(22(30)12-17)26(33)31-16-8-6-15(7-9-16)27(34)35/h3-12,14H,13H2,1-2H3,(H,31,33)(H,34,35). The molecule has 1 heterocycles. The summed E-state index contributed by atoms with van der Waals surface area (Å²) in [6, 6.07) is 15.7. The van der Waals surface area contributed by atoms with Crippen LogP contribution in [0, 0.1) is 0 Å². The van der Waals surface area contributed by atoms with Gasteiger partial charge in [0, 0.05) is 17.2 Å². The predicted octanol–water partition coefficient (Wildman–Crippen LogP) is 7.95. The number of carbonyl (C=O) groups excluding carboxylic acids is 1. The Morgan fingerprint density at radius 1 is 1.00 bits per heavy atom. The molecule has 37 heavy (non-hydrogen) atoms. The Kier molecular flexibility index (Phi) is 8.07. The number of benzene rings is 3. The summed E-state index contributed by atoms with van der Waals surface area (Å²) in [5.41, 5.74) is 2.54. The van der Waals surface area contributed by atoms with Crippen molar-refractivity contribution >= 4 is 52.4 Å². The van der Waals surface area contributed by atoms with Crippen LogP contribution in [-0.4, -0.2) is 22.1 Å². The molecular weight excluding hydrogens is 539 g/mol. The topological polar surface area (TPSA) is 102 Å². The zero-order valence-corrected chi connectivity index (χ0v) is 22.0. The fourth-order valence-electron chi connectivity index (χ4n) is 3.66. The highest BCUT2D eigenvalue weighted by Gasteiger charge is 2.24. The molecule has 4 aromatic rings. The van der Waals surface area contributed by atoms with Crippen molar-refractivity contribution in [1.29, 1.82) is 0 Å². The number of halogens is 3. The molecule has 0 aliphatic heterocycles. The van der Waals surface area contributed by atoms with Crippen molar-refractivity contribution in [1.82, 2.24) is 5.16 Å². The summed E-state index contributed by atoms with van der Waals surface area (Å²) in [4.78, 5) is 23.7. The Morgan fingerprint density at radius 2 is 1.68 bits per heavy atom. The third kappa shape index (κ3) is 5.91. The van der Waals surface area contributed by atoms with Gasteiger partial charge in [0.25, 0.3) is 5.91 Å². The van der Waals surface area contributed by atoms with Crippen LogP contribution in [0.2, 0.25) is 15.1 Å². The largest absolute Gasteiger partial charge is 0.489 e. The number of aromatic carboxylic acids is 1. The Morgan fingerprint density at radius 3 is 2.27 bits per heavy atom. The molecule has 0 radical (unpaired) electrons. The number of hydrogen-bond acceptors (Lipinski definition) is 5. The zero-order chi connectivity index (χ0) is 26.7. The molecule has 0 fully saturated rings. The fourth-order valence-corrected chi connectivity index (χ4v) is 4.49. The lowest BCUT2D eigenvalue weighted by molar-refractivity contribution is 0.0696. The third-order valence-corrected chi connectivity index (χ3v) is 6.44. The first-order chi connectivity index (χ1) is 17.7. The van der Waals surface area contributed by atoms with E-state index >= 15 is 0 Å². The van der Waals surface area contributed by atoms with Gasteiger partial charge in [-0.1, -0.05) is 59.9 Å². The Balaban J connectivity index is 1.53. The molecule has 0 spiro atoms. The van der Waals surface area contributed by atoms with Crippen LogP contribution < -0.4 is 10.1 Å². The van der Waals surface area contributed by atoms with Crippen LogP contribution in [0.15, 0.2) is 65.2 Å². The van der Waals surface area contributed by atoms with Crippen molar-refractivity contribution < 1.29 is 24.0 Å². The summed E-state index contributed by atoms with van der Waals surface area (Å²) in [6.07, 6.45) is 0. The maximum absolute atomic E-state index is 12.7. The molecule has 10 heteroatoms. The number of anilines is 1. The van der Waals surface area contributed by atoms with Crippen molar-refractivity contribution in [3.05, 3.63) is 98.2 Å². The average molecular weight is 560 g/mol. The average Bonchev–Trinajstić information content (AvgIpc) is 3.26. The predicted molar refractivity (Wildman–Crippen MR) is 143 cm³/mol. The molecule has 2 N–H and O–H groups in total. The lowest BCUT2D eigenvalue weighted by atomic mass is 10.0. The number of ether oxygens (including phenoxy) is 1. The second-order valence-corrected chi connectivity index (χ2v) is 9.61. The fraction of sp³-hybridized carbons (Fsp3) is 0.148. The van der Waals surface area contributed by atoms with Crippen LogP contribution >= 0.6 is 34.8 Å². The van der Waals surface area contributed by atoms with Gasteiger partial charge in [0.05, 0.1) is 31.8 Å². The molecule has 0 atom stereocenters. The van der Waals surface area contributed by atoms with Gasteiger partial charge in [0.15, 0.2) is 0 Å². The van der Waals surface area contributed by atoms with Crippen LogP contribution in [0.5, 0.6) is 5.75 Å². The smallest absolute Gasteiger partial charge is 0.335 e. The number of nitrogens with one attached hydrogen (secondary N) is 1. The van der Waals surface area contributed by atoms with Crippen molar-refractivity contribution in [2.75, 3.05) is 5.32 Å². The highest BCUT2D eigenvalue weighted by molar-refractivity contribution is 6.39. The van der Waals surface area contributed by atoms with E-state index < -0.39 is 11.9 Å². The van der Waals surface area contributed by atoms with E-state index in [2.05, 4.69) is 10.5 Å². The molecule has 7 nitrogen and oxygen atoms in total. The van der Waals surface area contributed by atoms with E-state index in [1.165, 1.54) is 30.3 Å². The molecule has 3 aromatic carbocycles. The minimum atomic E-state index is -1.05. The summed E-state index contributed by atoms with van der Waals surface area (Å²) in [6.45, 7) is 4.05. The number of rotatable bonds is 8. The second-order valence-electron chi connectivity index (χ2n) is 8.39. The van der Waals surface area contributed by atoms with Gasteiger partial charge in [-0.05, 0) is 54.6 Å². The minimum absolute atomic E-state index is 0.0281. The van der Waals surface area contributed by atoms with Crippen molar-refractivity contribution in [2.45, 2.75) is 26.4 Å². The molecule has 4 rings (SSSR count). The Labute approximate surface area is 227 Å². The number of carboxylic acids is 1. The molecular formula is C27H21Cl3N2O5. The molecule has 190 valence electrons. The third-order valence-electron chi connectivity index (χ3n) is 5.50. The van der Waals surface area contributed by atoms with Crippen LogP contribution in [0.25, 0.3) is 11.3 Å². The van der Waals surface area contributed by atoms with Crippen molar-refractivity contribution in [3.63, 3.8) is 0 Å². The van der Waals surface area contributed by atoms with E-state index in [0.717, 1.165) is 0 Å². The molecule has 0 unspecified atom stereocenters. The summed E-state index contributed by atoms with van der Waals surface area (Å²) in [5, 5.41) is 17.0. The second kappa shape index (κ2) is 11.3. The van der Waals surface area contributed by atoms with E-state index in [1.807, 2.05) is 13.8 Å². The van der Waals surface area contributed by atoms with E-state index in [0.29, 0.717) is 44.1 Å². The van der Waals surface area contributed by atoms with Gasteiger partial charge >= 0.3 is 5.97 Å². The quantitative estimate of drug-likeness (QED) is 0.227. The highest BCUT2D eigenvalue weighted by atomic mass is 35.5. The van der Waals surface area contributed by atoms with Gasteiger partial charge in [-0.3, -0.25) is 4.79 Å². The van der Waals surface area contributed by atoms with Crippen molar-refractivity contribution in [2.24, 2.45) is 0 Å². The van der Waals surface area contributed by atoms with E-state index in [4.69, 9.17) is 49.2 Å². The van der Waals surface area contributed by atoms with Crippen LogP contribution in [-0.2, 0) is 6.61 Å². The maximum Gasteiger partial charge on any atom is 0.335 e. The molecule has 0 saturated heterocycles. The zero-order valence-electron chi connectivity index (χ0n) is 19.7. The van der Waals surface area contributed by atoms with Gasteiger partial charge in [-0.2, -0.15) is 0 Å². The molecule has 0 aliphatic rings. The number of carbonyl (C=O) groups is 2. The van der Waals surface area contributed by atoms with E-state index in [1.54, 1.807) is 30.3 Å². The summed E-state index contributed by atoms with van der Waals surface area (Å²) in [7, 11) is 0. The summed E-state index contributed by atoms with van der Waals surface area (Å²) >= 11 is 19.2. The molecule has 0 aliphatic carbocycles. The van der Waals surface area contributed by atoms with E-state index in [-0.39, 0.29) is 28.7 Å². The van der Waals surface area contributed by atoms with Gasteiger partial charge in [0.1, 0.15) is 23.8 Å². The SMILES string of the molecule is CC(C)c1onc(-c2c(Cl)cccc2Cl)c1COc1ccc(C(=O)Nc2ccc(C(=O)O)cc2)c(Cl)c1. The lowest BCUT2D eigenvalue weighted by Crippen LogP contribution is -2.12. The monoisotopic (exact) mass is 558 g/mol. The number of hydrogen-bond donors (Lipinski definition) is 2. The maximum atomic E-state index is 12.7. The van der Waals surface area contributed by atoms with Gasteiger partial charge < -0.3 is 19.7 Å². The number of aromatic nitrogens is 1. The summed E-state index contributed by atoms with van der Waals surface area (Å²) < 4.78 is 11.6. The lowest BCUT2D eigenvalue weighted by Gasteiger charge is -2.12. The van der Waals surface area contributed by atoms with Gasteiger partial charge in [-0.15, -0.1) is 0 Å². The molecule has 0 saturated carbocycles. The Bertz CT molecular complexity index is 1450. The number of nitrogens with zero attached hydrogens (tertiary/aromatic N) is 1. The normalized spacial score (nSPS) is 11.0. The van der Waals surface area contributed by atoms with Gasteiger partial charge in [-0.25, -0.2) is 4.79 Å². The van der Waals surface area contributed by atoms with Crippen molar-refractivity contribution in [3.8, 4) is 17.0 Å². The minimum Gasteiger partial charge on any atom is -0.489 e. The molecule has 1 amide bonds. The first-order valence-electron chi connectivity index (χ1n) is 11.2. The summed E-state index contributed by atoms with van der Waals surface area (Å²) in [5.74, 6) is -0.400. The molecule has 0 bridgehead atoms. The van der Waals surface area contributed by atoms with Crippen LogP contribution in [0.3, 0.4) is 0 Å². The first-order valence-corrected chi connectivity index (χ1v) is 12.3. The van der Waals surface area contributed by atoms with E-state index in [9.17, 15) is 9.59 Å².